The Bertz CT molecular complexity index is 1610. The molecule has 1 N–H and O–H groups in total. The van der Waals surface area contributed by atoms with E-state index in [2.05, 4.69) is 19.9 Å². The van der Waals surface area contributed by atoms with Crippen molar-refractivity contribution in [2.24, 2.45) is 0 Å². The zero-order chi connectivity index (χ0) is 27.2. The molecule has 0 aliphatic carbocycles. The predicted octanol–water partition coefficient (Wildman–Crippen LogP) is 4.00. The van der Waals surface area contributed by atoms with Gasteiger partial charge in [0.2, 0.25) is 10.0 Å². The monoisotopic (exact) mass is 541 g/mol. The fourth-order valence-corrected chi connectivity index (χ4v) is 4.53. The van der Waals surface area contributed by atoms with E-state index in [1.54, 1.807) is 0 Å². The topological polar surface area (TPSA) is 126 Å². The molecule has 0 aliphatic rings. The average Bonchev–Trinajstić information content (AvgIpc) is 3.17. The number of alkyl halides is 6. The van der Waals surface area contributed by atoms with E-state index in [0.717, 1.165) is 24.4 Å². The molecule has 0 amide bonds. The van der Waals surface area contributed by atoms with Crippen molar-refractivity contribution in [3.63, 3.8) is 0 Å². The van der Waals surface area contributed by atoms with Crippen LogP contribution < -0.4 is 4.72 Å². The van der Waals surface area contributed by atoms with E-state index < -0.39 is 38.9 Å². The summed E-state index contributed by atoms with van der Waals surface area (Å²) in [6, 6.07) is 2.22. The molecule has 0 radical (unpaired) electrons. The summed E-state index contributed by atoms with van der Waals surface area (Å²) in [7, 11) is -4.63. The molecular weight excluding hydrogens is 528 g/mol. The van der Waals surface area contributed by atoms with E-state index in [1.165, 1.54) is 27.9 Å². The number of pyridine rings is 2. The van der Waals surface area contributed by atoms with Crippen LogP contribution in [0.5, 0.6) is 0 Å². The maximum atomic E-state index is 13.3. The summed E-state index contributed by atoms with van der Waals surface area (Å²) < 4.78 is 106. The fraction of sp³-hybridized carbons (Fsp3) is 0.190. The molecule has 0 aliphatic heterocycles. The van der Waals surface area contributed by atoms with E-state index >= 15 is 0 Å². The van der Waals surface area contributed by atoms with Crippen molar-refractivity contribution < 1.29 is 34.8 Å². The van der Waals surface area contributed by atoms with Crippen LogP contribution in [-0.4, -0.2) is 45.1 Å². The van der Waals surface area contributed by atoms with Gasteiger partial charge in [0.25, 0.3) is 0 Å². The number of hydrogen-bond acceptors (Lipinski definition) is 7. The zero-order valence-corrected chi connectivity index (χ0v) is 19.2. The van der Waals surface area contributed by atoms with Gasteiger partial charge in [0.05, 0.1) is 28.7 Å². The summed E-state index contributed by atoms with van der Waals surface area (Å²) >= 11 is 0. The van der Waals surface area contributed by atoms with Crippen molar-refractivity contribution >= 4 is 21.1 Å². The molecule has 0 fully saturated rings. The number of hydrogen-bond donors (Lipinski definition) is 1. The molecule has 4 heterocycles. The van der Waals surface area contributed by atoms with Gasteiger partial charge >= 0.3 is 12.4 Å². The van der Waals surface area contributed by atoms with E-state index in [-0.39, 0.29) is 33.8 Å². The molecule has 4 aromatic rings. The maximum absolute atomic E-state index is 13.3. The lowest BCUT2D eigenvalue weighted by atomic mass is 10.1. The molecule has 37 heavy (non-hydrogen) atoms. The third-order valence-electron chi connectivity index (χ3n) is 5.14. The first-order valence-corrected chi connectivity index (χ1v) is 11.6. The minimum Gasteiger partial charge on any atom is -0.274 e. The predicted molar refractivity (Wildman–Crippen MR) is 115 cm³/mol. The Morgan fingerprint density at radius 2 is 1.76 bits per heavy atom. The Morgan fingerprint density at radius 3 is 2.30 bits per heavy atom. The molecule has 0 unspecified atom stereocenters. The van der Waals surface area contributed by atoms with E-state index in [0.29, 0.717) is 13.1 Å². The highest BCUT2D eigenvalue weighted by atomic mass is 32.2. The molecule has 4 rings (SSSR count). The summed E-state index contributed by atoms with van der Waals surface area (Å²) in [6.45, 7) is 0.625. The molecule has 0 saturated heterocycles. The first kappa shape index (κ1) is 26.0. The van der Waals surface area contributed by atoms with Crippen molar-refractivity contribution in [2.45, 2.75) is 30.2 Å². The Morgan fingerprint density at radius 1 is 1.03 bits per heavy atom. The van der Waals surface area contributed by atoms with Gasteiger partial charge in [-0.2, -0.15) is 36.3 Å². The Balaban J connectivity index is 1.91. The van der Waals surface area contributed by atoms with Crippen LogP contribution in [0, 0.1) is 11.3 Å². The highest BCUT2D eigenvalue weighted by molar-refractivity contribution is 7.89. The van der Waals surface area contributed by atoms with Gasteiger partial charge in [0.1, 0.15) is 22.7 Å². The standard InChI is InChI=1S/C21H13F6N7O2S/c1-11(20(22,23)24)33-37(35,36)13-2-3-16(31-9-13)18-15(7-28)14-6-12(21(25,26)27)8-32-19(14)34(18)17-10-29-4-5-30-17/h2-6,8-11,33H,1H3/t11-/m0/s1. The number of aromatic nitrogens is 5. The Hall–Kier alpha value is -4.10. The quantitative estimate of drug-likeness (QED) is 0.379. The van der Waals surface area contributed by atoms with Gasteiger partial charge < -0.3 is 0 Å². The Kier molecular flexibility index (Phi) is 6.38. The van der Waals surface area contributed by atoms with Gasteiger partial charge in [0.15, 0.2) is 5.82 Å². The second-order valence-corrected chi connectivity index (χ2v) is 9.31. The summed E-state index contributed by atoms with van der Waals surface area (Å²) in [5.74, 6) is 0.0652. The zero-order valence-electron chi connectivity index (χ0n) is 18.4. The third kappa shape index (κ3) is 4.95. The first-order chi connectivity index (χ1) is 17.2. The lowest BCUT2D eigenvalue weighted by Crippen LogP contribution is -2.42. The van der Waals surface area contributed by atoms with Crippen LogP contribution in [0.15, 0.2) is 54.1 Å². The molecule has 1 atom stereocenters. The van der Waals surface area contributed by atoms with Crippen molar-refractivity contribution in [3.05, 3.63) is 60.3 Å². The lowest BCUT2D eigenvalue weighted by Gasteiger charge is -2.17. The van der Waals surface area contributed by atoms with Crippen molar-refractivity contribution in [1.29, 1.82) is 5.26 Å². The van der Waals surface area contributed by atoms with Crippen LogP contribution in [0.3, 0.4) is 0 Å². The largest absolute Gasteiger partial charge is 0.417 e. The van der Waals surface area contributed by atoms with Crippen LogP contribution in [0.25, 0.3) is 28.2 Å². The second kappa shape index (κ2) is 9.09. The van der Waals surface area contributed by atoms with E-state index in [4.69, 9.17) is 0 Å². The molecule has 0 spiro atoms. The first-order valence-electron chi connectivity index (χ1n) is 10.1. The van der Waals surface area contributed by atoms with Crippen molar-refractivity contribution in [1.82, 2.24) is 29.2 Å². The molecular formula is C21H13F6N7O2S. The van der Waals surface area contributed by atoms with E-state index in [9.17, 15) is 40.0 Å². The highest BCUT2D eigenvalue weighted by Crippen LogP contribution is 2.37. The van der Waals surface area contributed by atoms with Crippen LogP contribution in [0.1, 0.15) is 18.1 Å². The molecule has 0 saturated carbocycles. The molecule has 9 nitrogen and oxygen atoms in total. The molecule has 16 heteroatoms. The smallest absolute Gasteiger partial charge is 0.274 e. The summed E-state index contributed by atoms with van der Waals surface area (Å²) in [5, 5.41) is 9.66. The summed E-state index contributed by atoms with van der Waals surface area (Å²) in [5.41, 5.74) is -1.63. The van der Waals surface area contributed by atoms with Gasteiger partial charge in [0, 0.05) is 30.2 Å². The van der Waals surface area contributed by atoms with Crippen LogP contribution in [0.2, 0.25) is 0 Å². The summed E-state index contributed by atoms with van der Waals surface area (Å²) in [6.07, 6.45) is -4.37. The average molecular weight is 541 g/mol. The minimum atomic E-state index is -4.83. The van der Waals surface area contributed by atoms with Gasteiger partial charge in [-0.3, -0.25) is 14.5 Å². The second-order valence-electron chi connectivity index (χ2n) is 7.59. The van der Waals surface area contributed by atoms with Crippen LogP contribution >= 0.6 is 0 Å². The number of halogens is 6. The molecule has 4 aromatic heterocycles. The minimum absolute atomic E-state index is 0.0652. The van der Waals surface area contributed by atoms with Gasteiger partial charge in [-0.25, -0.2) is 18.4 Å². The number of nitrogens with one attached hydrogen (secondary N) is 1. The fourth-order valence-electron chi connectivity index (χ4n) is 3.35. The van der Waals surface area contributed by atoms with Gasteiger partial charge in [-0.05, 0) is 25.1 Å². The Labute approximate surface area is 204 Å². The highest BCUT2D eigenvalue weighted by Gasteiger charge is 2.39. The number of sulfonamides is 1. The number of fused-ring (bicyclic) bond motifs is 1. The van der Waals surface area contributed by atoms with Crippen LogP contribution in [-0.2, 0) is 16.2 Å². The van der Waals surface area contributed by atoms with E-state index in [1.807, 2.05) is 6.07 Å². The molecule has 192 valence electrons. The lowest BCUT2D eigenvalue weighted by molar-refractivity contribution is -0.147. The van der Waals surface area contributed by atoms with Crippen molar-refractivity contribution in [3.8, 4) is 23.3 Å². The van der Waals surface area contributed by atoms with Gasteiger partial charge in [-0.15, -0.1) is 0 Å². The number of nitriles is 1. The number of rotatable bonds is 5. The third-order valence-corrected chi connectivity index (χ3v) is 6.66. The maximum Gasteiger partial charge on any atom is 0.417 e. The number of nitrogens with zero attached hydrogens (tertiary/aromatic N) is 6. The van der Waals surface area contributed by atoms with Gasteiger partial charge in [-0.1, -0.05) is 0 Å². The van der Waals surface area contributed by atoms with Crippen LogP contribution in [0.4, 0.5) is 26.3 Å². The summed E-state index contributed by atoms with van der Waals surface area (Å²) in [4.78, 5) is 15.3. The SMILES string of the molecule is C[C@H](NS(=O)(=O)c1ccc(-c2c(C#N)c3cc(C(F)(F)F)cnc3n2-c2cnccn2)nc1)C(F)(F)F. The van der Waals surface area contributed by atoms with Crippen molar-refractivity contribution in [2.75, 3.05) is 0 Å². The molecule has 0 aromatic carbocycles. The molecule has 0 bridgehead atoms. The normalized spacial score (nSPS) is 13.5.